The number of hydrogen-bond donors (Lipinski definition) is 1. The van der Waals surface area contributed by atoms with E-state index in [1.165, 1.54) is 18.9 Å². The molecule has 1 saturated heterocycles. The number of benzene rings is 1. The van der Waals surface area contributed by atoms with Crippen LogP contribution in [0.3, 0.4) is 0 Å². The monoisotopic (exact) mass is 253 g/mol. The number of likely N-dealkylation sites (tertiary alicyclic amines) is 1. The Hall–Kier alpha value is -1.06. The smallest absolute Gasteiger partial charge is 0.335 e. The second-order valence-corrected chi connectivity index (χ2v) is 4.98. The van der Waals surface area contributed by atoms with Gasteiger partial charge in [-0.2, -0.15) is 0 Å². The summed E-state index contributed by atoms with van der Waals surface area (Å²) in [6.07, 6.45) is 2.46. The highest BCUT2D eigenvalue weighted by molar-refractivity contribution is 6.31. The Kier molecular flexibility index (Phi) is 3.69. The molecule has 4 heteroatoms. The molecule has 1 aliphatic heterocycles. The van der Waals surface area contributed by atoms with Crippen LogP contribution in [0.5, 0.6) is 0 Å². The van der Waals surface area contributed by atoms with E-state index in [4.69, 9.17) is 16.7 Å². The lowest BCUT2D eigenvalue weighted by Crippen LogP contribution is -2.26. The Balaban J connectivity index is 2.14. The van der Waals surface area contributed by atoms with Gasteiger partial charge in [-0.3, -0.25) is 4.90 Å². The molecule has 92 valence electrons. The lowest BCUT2D eigenvalue weighted by molar-refractivity contribution is 0.0697. The number of nitrogens with zero attached hydrogens (tertiary/aromatic N) is 1. The van der Waals surface area contributed by atoms with Crippen molar-refractivity contribution in [3.05, 3.63) is 34.3 Å². The van der Waals surface area contributed by atoms with Gasteiger partial charge in [-0.25, -0.2) is 4.79 Å². The van der Waals surface area contributed by atoms with Crippen LogP contribution in [0.2, 0.25) is 5.02 Å². The predicted molar refractivity (Wildman–Crippen MR) is 67.5 cm³/mol. The van der Waals surface area contributed by atoms with Gasteiger partial charge in [0.15, 0.2) is 0 Å². The van der Waals surface area contributed by atoms with Crippen LogP contribution in [0.15, 0.2) is 18.2 Å². The molecule has 0 aliphatic carbocycles. The number of rotatable bonds is 3. The van der Waals surface area contributed by atoms with Crippen molar-refractivity contribution in [1.82, 2.24) is 4.90 Å². The zero-order valence-electron chi connectivity index (χ0n) is 9.82. The summed E-state index contributed by atoms with van der Waals surface area (Å²) in [4.78, 5) is 13.2. The molecular weight excluding hydrogens is 238 g/mol. The third-order valence-corrected chi connectivity index (χ3v) is 3.72. The van der Waals surface area contributed by atoms with Crippen LogP contribution in [0.4, 0.5) is 0 Å². The molecule has 0 saturated carbocycles. The van der Waals surface area contributed by atoms with E-state index in [0.717, 1.165) is 18.7 Å². The van der Waals surface area contributed by atoms with Crippen molar-refractivity contribution in [1.29, 1.82) is 0 Å². The molecule has 1 aromatic rings. The lowest BCUT2D eigenvalue weighted by atomic mass is 10.1. The van der Waals surface area contributed by atoms with Crippen LogP contribution in [0.1, 0.15) is 35.7 Å². The van der Waals surface area contributed by atoms with Crippen LogP contribution in [-0.2, 0) is 6.54 Å². The highest BCUT2D eigenvalue weighted by atomic mass is 35.5. The molecular formula is C13H16ClNO2. The Morgan fingerprint density at radius 1 is 1.59 bits per heavy atom. The maximum atomic E-state index is 10.8. The maximum absolute atomic E-state index is 10.8. The number of aromatic carboxylic acids is 1. The van der Waals surface area contributed by atoms with E-state index in [1.54, 1.807) is 6.07 Å². The van der Waals surface area contributed by atoms with Gasteiger partial charge in [0.25, 0.3) is 0 Å². The van der Waals surface area contributed by atoms with E-state index in [1.807, 2.05) is 6.07 Å². The number of carboxylic acids is 1. The molecule has 3 nitrogen and oxygen atoms in total. The predicted octanol–water partition coefficient (Wildman–Crippen LogP) is 3.02. The van der Waals surface area contributed by atoms with Crippen LogP contribution < -0.4 is 0 Å². The average Bonchev–Trinajstić information content (AvgIpc) is 2.67. The normalized spacial score (nSPS) is 20.7. The zero-order valence-corrected chi connectivity index (χ0v) is 10.6. The van der Waals surface area contributed by atoms with Gasteiger partial charge < -0.3 is 5.11 Å². The third-order valence-electron chi connectivity index (χ3n) is 3.36. The number of halogens is 1. The summed E-state index contributed by atoms with van der Waals surface area (Å²) in [6.45, 7) is 4.12. The summed E-state index contributed by atoms with van der Waals surface area (Å²) >= 11 is 6.11. The minimum absolute atomic E-state index is 0.244. The summed E-state index contributed by atoms with van der Waals surface area (Å²) in [5.41, 5.74) is 1.25. The second kappa shape index (κ2) is 5.07. The fraction of sp³-hybridized carbons (Fsp3) is 0.462. The average molecular weight is 254 g/mol. The quantitative estimate of drug-likeness (QED) is 0.900. The number of hydrogen-bond acceptors (Lipinski definition) is 2. The molecule has 0 radical (unpaired) electrons. The van der Waals surface area contributed by atoms with Crippen molar-refractivity contribution in [2.45, 2.75) is 32.4 Å². The first kappa shape index (κ1) is 12.4. The second-order valence-electron chi connectivity index (χ2n) is 4.57. The summed E-state index contributed by atoms with van der Waals surface area (Å²) in [5.74, 6) is -0.937. The van der Waals surface area contributed by atoms with Crippen LogP contribution in [-0.4, -0.2) is 28.6 Å². The lowest BCUT2D eigenvalue weighted by Gasteiger charge is -2.21. The minimum atomic E-state index is -0.937. The molecule has 1 unspecified atom stereocenters. The fourth-order valence-corrected chi connectivity index (χ4v) is 2.50. The molecule has 1 N–H and O–H groups in total. The Bertz CT molecular complexity index is 433. The van der Waals surface area contributed by atoms with E-state index in [0.29, 0.717) is 11.1 Å². The fourth-order valence-electron chi connectivity index (χ4n) is 2.26. The van der Waals surface area contributed by atoms with Gasteiger partial charge in [-0.05, 0) is 44.0 Å². The van der Waals surface area contributed by atoms with E-state index in [-0.39, 0.29) is 5.56 Å². The Morgan fingerprint density at radius 2 is 2.35 bits per heavy atom. The van der Waals surface area contributed by atoms with Crippen LogP contribution in [0, 0.1) is 0 Å². The summed E-state index contributed by atoms with van der Waals surface area (Å²) in [7, 11) is 0. The molecule has 1 heterocycles. The summed E-state index contributed by atoms with van der Waals surface area (Å²) in [5, 5.41) is 9.40. The van der Waals surface area contributed by atoms with Gasteiger partial charge in [-0.1, -0.05) is 17.7 Å². The first-order chi connectivity index (χ1) is 8.08. The maximum Gasteiger partial charge on any atom is 0.335 e. The van der Waals surface area contributed by atoms with E-state index < -0.39 is 5.97 Å². The van der Waals surface area contributed by atoms with Gasteiger partial charge >= 0.3 is 5.97 Å². The third kappa shape index (κ3) is 2.79. The Labute approximate surface area is 106 Å². The first-order valence-electron chi connectivity index (χ1n) is 5.83. The SMILES string of the molecule is CC1CCCN1Cc1ccc(C(=O)O)cc1Cl. The van der Waals surface area contributed by atoms with Crippen molar-refractivity contribution < 1.29 is 9.90 Å². The minimum Gasteiger partial charge on any atom is -0.478 e. The van der Waals surface area contributed by atoms with E-state index in [9.17, 15) is 4.79 Å². The van der Waals surface area contributed by atoms with Crippen molar-refractivity contribution in [2.75, 3.05) is 6.54 Å². The van der Waals surface area contributed by atoms with Gasteiger partial charge in [0.2, 0.25) is 0 Å². The summed E-state index contributed by atoms with van der Waals surface area (Å²) < 4.78 is 0. The standard InChI is InChI=1S/C13H16ClNO2/c1-9-3-2-6-15(9)8-11-5-4-10(13(16)17)7-12(11)14/h4-5,7,9H,2-3,6,8H2,1H3,(H,16,17). The molecule has 0 aromatic heterocycles. The number of carboxylic acid groups (broad SMARTS) is 1. The molecule has 1 aromatic carbocycles. The molecule has 0 spiro atoms. The number of carbonyl (C=O) groups is 1. The topological polar surface area (TPSA) is 40.5 Å². The van der Waals surface area contributed by atoms with Crippen molar-refractivity contribution >= 4 is 17.6 Å². The highest BCUT2D eigenvalue weighted by Crippen LogP contribution is 2.24. The molecule has 1 aliphatic rings. The van der Waals surface area contributed by atoms with Gasteiger partial charge in [0.1, 0.15) is 0 Å². The molecule has 1 fully saturated rings. The van der Waals surface area contributed by atoms with E-state index in [2.05, 4.69) is 11.8 Å². The molecule has 17 heavy (non-hydrogen) atoms. The van der Waals surface area contributed by atoms with Crippen LogP contribution >= 0.6 is 11.6 Å². The van der Waals surface area contributed by atoms with E-state index >= 15 is 0 Å². The molecule has 0 amide bonds. The first-order valence-corrected chi connectivity index (χ1v) is 6.21. The van der Waals surface area contributed by atoms with Crippen molar-refractivity contribution in [2.24, 2.45) is 0 Å². The van der Waals surface area contributed by atoms with Gasteiger partial charge in [0, 0.05) is 17.6 Å². The molecule has 1 atom stereocenters. The molecule has 2 rings (SSSR count). The largest absolute Gasteiger partial charge is 0.478 e. The van der Waals surface area contributed by atoms with Gasteiger partial charge in [0.05, 0.1) is 5.56 Å². The highest BCUT2D eigenvalue weighted by Gasteiger charge is 2.21. The van der Waals surface area contributed by atoms with Crippen molar-refractivity contribution in [3.8, 4) is 0 Å². The Morgan fingerprint density at radius 3 is 2.88 bits per heavy atom. The van der Waals surface area contributed by atoms with Gasteiger partial charge in [-0.15, -0.1) is 0 Å². The van der Waals surface area contributed by atoms with Crippen LogP contribution in [0.25, 0.3) is 0 Å². The summed E-state index contributed by atoms with van der Waals surface area (Å²) in [6, 6.07) is 5.55. The van der Waals surface area contributed by atoms with Crippen molar-refractivity contribution in [3.63, 3.8) is 0 Å². The molecule has 0 bridgehead atoms. The zero-order chi connectivity index (χ0) is 12.4.